The fourth-order valence-electron chi connectivity index (χ4n) is 1.63. The minimum Gasteiger partial charge on any atom is -0.454 e. The third-order valence-electron chi connectivity index (χ3n) is 2.65. The molecule has 1 aromatic carbocycles. The molecule has 1 N–H and O–H groups in total. The van der Waals surface area contributed by atoms with E-state index in [1.54, 1.807) is 0 Å². The lowest BCUT2D eigenvalue weighted by Gasteiger charge is -2.10. The van der Waals surface area contributed by atoms with Crippen LogP contribution in [0.25, 0.3) is 0 Å². The summed E-state index contributed by atoms with van der Waals surface area (Å²) >= 11 is 7.96. The minimum absolute atomic E-state index is 0.259. The van der Waals surface area contributed by atoms with Crippen LogP contribution in [0.2, 0.25) is 5.02 Å². The Hall–Kier alpha value is -0.580. The fourth-order valence-corrected chi connectivity index (χ4v) is 2.20. The topological polar surface area (TPSA) is 30.5 Å². The van der Waals surface area contributed by atoms with Gasteiger partial charge in [0.2, 0.25) is 6.79 Å². The van der Waals surface area contributed by atoms with Crippen molar-refractivity contribution in [3.8, 4) is 11.5 Å². The van der Waals surface area contributed by atoms with Gasteiger partial charge in [0.15, 0.2) is 11.5 Å². The van der Waals surface area contributed by atoms with Crippen molar-refractivity contribution < 1.29 is 9.47 Å². The molecule has 0 aliphatic carbocycles. The van der Waals surface area contributed by atoms with Crippen molar-refractivity contribution in [2.75, 3.05) is 19.6 Å². The first-order valence-electron chi connectivity index (χ1n) is 5.52. The zero-order chi connectivity index (χ0) is 12.3. The van der Waals surface area contributed by atoms with Crippen molar-refractivity contribution in [2.45, 2.75) is 18.7 Å². The van der Waals surface area contributed by atoms with E-state index in [2.05, 4.69) is 18.5 Å². The second kappa shape index (κ2) is 5.85. The Kier molecular flexibility index (Phi) is 4.42. The average Bonchev–Trinajstić information content (AvgIpc) is 2.77. The van der Waals surface area contributed by atoms with E-state index in [1.807, 2.05) is 23.9 Å². The molecule has 1 unspecified atom stereocenters. The third kappa shape index (κ3) is 3.21. The van der Waals surface area contributed by atoms with E-state index in [0.29, 0.717) is 16.0 Å². The quantitative estimate of drug-likeness (QED) is 0.894. The van der Waals surface area contributed by atoms with Crippen LogP contribution in [-0.4, -0.2) is 24.8 Å². The Bertz CT molecular complexity index is 400. The molecule has 1 aromatic rings. The lowest BCUT2D eigenvalue weighted by atomic mass is 10.2. The Morgan fingerprint density at radius 2 is 2.29 bits per heavy atom. The largest absolute Gasteiger partial charge is 0.454 e. The summed E-state index contributed by atoms with van der Waals surface area (Å²) < 4.78 is 10.6. The molecule has 0 bridgehead atoms. The van der Waals surface area contributed by atoms with E-state index < -0.39 is 0 Å². The molecule has 1 aliphatic heterocycles. The highest BCUT2D eigenvalue weighted by molar-refractivity contribution is 7.99. The summed E-state index contributed by atoms with van der Waals surface area (Å²) in [6.45, 7) is 4.23. The summed E-state index contributed by atoms with van der Waals surface area (Å²) in [7, 11) is 0. The summed E-state index contributed by atoms with van der Waals surface area (Å²) in [5.74, 6) is 1.40. The first kappa shape index (κ1) is 12.9. The molecule has 5 heteroatoms. The van der Waals surface area contributed by atoms with Crippen LogP contribution in [0.1, 0.15) is 12.5 Å². The lowest BCUT2D eigenvalue weighted by molar-refractivity contribution is 0.174. The summed E-state index contributed by atoms with van der Waals surface area (Å²) in [6.07, 6.45) is 2.11. The highest BCUT2D eigenvalue weighted by atomic mass is 35.5. The van der Waals surface area contributed by atoms with Crippen LogP contribution in [0, 0.1) is 0 Å². The molecule has 0 radical (unpaired) electrons. The SMILES string of the molecule is CSC(C)CNCc1cc(Cl)c2c(c1)OCO2. The van der Waals surface area contributed by atoms with Crippen LogP contribution in [0.5, 0.6) is 11.5 Å². The fraction of sp³-hybridized carbons (Fsp3) is 0.500. The number of hydrogen-bond donors (Lipinski definition) is 1. The van der Waals surface area contributed by atoms with Gasteiger partial charge < -0.3 is 14.8 Å². The maximum atomic E-state index is 6.11. The Morgan fingerprint density at radius 1 is 1.47 bits per heavy atom. The second-order valence-corrected chi connectivity index (χ2v) is 5.67. The van der Waals surface area contributed by atoms with Crippen molar-refractivity contribution in [3.05, 3.63) is 22.7 Å². The molecule has 1 heterocycles. The van der Waals surface area contributed by atoms with E-state index in [4.69, 9.17) is 21.1 Å². The van der Waals surface area contributed by atoms with Gasteiger partial charge in [-0.3, -0.25) is 0 Å². The number of ether oxygens (including phenoxy) is 2. The van der Waals surface area contributed by atoms with Gasteiger partial charge in [0.25, 0.3) is 0 Å². The Labute approximate surface area is 111 Å². The van der Waals surface area contributed by atoms with Crippen LogP contribution in [0.4, 0.5) is 0 Å². The van der Waals surface area contributed by atoms with Crippen molar-refractivity contribution >= 4 is 23.4 Å². The Morgan fingerprint density at radius 3 is 3.06 bits per heavy atom. The molecule has 94 valence electrons. The van der Waals surface area contributed by atoms with E-state index >= 15 is 0 Å². The molecule has 0 aromatic heterocycles. The van der Waals surface area contributed by atoms with Crippen molar-refractivity contribution in [2.24, 2.45) is 0 Å². The van der Waals surface area contributed by atoms with Gasteiger partial charge in [-0.05, 0) is 24.0 Å². The van der Waals surface area contributed by atoms with Crippen LogP contribution >= 0.6 is 23.4 Å². The number of halogens is 1. The predicted octanol–water partition coefficient (Wildman–Crippen LogP) is 2.91. The summed E-state index contributed by atoms with van der Waals surface area (Å²) in [5.41, 5.74) is 1.12. The summed E-state index contributed by atoms with van der Waals surface area (Å²) in [4.78, 5) is 0. The zero-order valence-corrected chi connectivity index (χ0v) is 11.5. The maximum Gasteiger partial charge on any atom is 0.231 e. The monoisotopic (exact) mass is 273 g/mol. The molecule has 0 fully saturated rings. The normalized spacial score (nSPS) is 15.0. The number of hydrogen-bond acceptors (Lipinski definition) is 4. The number of thioether (sulfide) groups is 1. The van der Waals surface area contributed by atoms with E-state index in [1.165, 1.54) is 0 Å². The van der Waals surface area contributed by atoms with Crippen LogP contribution in [0.15, 0.2) is 12.1 Å². The Balaban J connectivity index is 1.96. The third-order valence-corrected chi connectivity index (χ3v) is 3.90. The number of nitrogens with one attached hydrogen (secondary N) is 1. The van der Waals surface area contributed by atoms with Gasteiger partial charge in [0, 0.05) is 18.3 Å². The number of fused-ring (bicyclic) bond motifs is 1. The van der Waals surface area contributed by atoms with Crippen LogP contribution in [-0.2, 0) is 6.54 Å². The molecule has 2 rings (SSSR count). The smallest absolute Gasteiger partial charge is 0.231 e. The first-order chi connectivity index (χ1) is 8.20. The summed E-state index contributed by atoms with van der Waals surface area (Å²) in [5, 5.41) is 4.63. The number of rotatable bonds is 5. The molecule has 3 nitrogen and oxygen atoms in total. The van der Waals surface area contributed by atoms with E-state index in [0.717, 1.165) is 24.4 Å². The van der Waals surface area contributed by atoms with Crippen molar-refractivity contribution in [3.63, 3.8) is 0 Å². The maximum absolute atomic E-state index is 6.11. The first-order valence-corrected chi connectivity index (χ1v) is 7.19. The second-order valence-electron chi connectivity index (χ2n) is 3.99. The molecular formula is C12H16ClNO2S. The van der Waals surface area contributed by atoms with Crippen LogP contribution < -0.4 is 14.8 Å². The van der Waals surface area contributed by atoms with Gasteiger partial charge in [-0.15, -0.1) is 0 Å². The molecule has 0 spiro atoms. The molecule has 1 aliphatic rings. The highest BCUT2D eigenvalue weighted by Gasteiger charge is 2.17. The molecule has 17 heavy (non-hydrogen) atoms. The minimum atomic E-state index is 0.259. The number of benzene rings is 1. The molecular weight excluding hydrogens is 258 g/mol. The van der Waals surface area contributed by atoms with Gasteiger partial charge in [0.1, 0.15) is 0 Å². The van der Waals surface area contributed by atoms with E-state index in [9.17, 15) is 0 Å². The van der Waals surface area contributed by atoms with E-state index in [-0.39, 0.29) is 6.79 Å². The zero-order valence-electron chi connectivity index (χ0n) is 9.96. The van der Waals surface area contributed by atoms with Gasteiger partial charge in [-0.2, -0.15) is 11.8 Å². The average molecular weight is 274 g/mol. The molecule has 0 amide bonds. The standard InChI is InChI=1S/C12H16ClNO2S/c1-8(17-2)5-14-6-9-3-10(13)12-11(4-9)15-7-16-12/h3-4,8,14H,5-7H2,1-2H3. The van der Waals surface area contributed by atoms with Crippen LogP contribution in [0.3, 0.4) is 0 Å². The summed E-state index contributed by atoms with van der Waals surface area (Å²) in [6, 6.07) is 3.90. The van der Waals surface area contributed by atoms with Gasteiger partial charge in [0.05, 0.1) is 5.02 Å². The lowest BCUT2D eigenvalue weighted by Crippen LogP contribution is -2.21. The van der Waals surface area contributed by atoms with Crippen molar-refractivity contribution in [1.29, 1.82) is 0 Å². The molecule has 0 saturated carbocycles. The van der Waals surface area contributed by atoms with Crippen molar-refractivity contribution in [1.82, 2.24) is 5.32 Å². The molecule has 1 atom stereocenters. The highest BCUT2D eigenvalue weighted by Crippen LogP contribution is 2.39. The van der Waals surface area contributed by atoms with Gasteiger partial charge in [-0.1, -0.05) is 18.5 Å². The van der Waals surface area contributed by atoms with Gasteiger partial charge >= 0.3 is 0 Å². The molecule has 0 saturated heterocycles. The van der Waals surface area contributed by atoms with Gasteiger partial charge in [-0.25, -0.2) is 0 Å². The predicted molar refractivity (Wildman–Crippen MR) is 72.3 cm³/mol.